The molecule has 4 nitrogen and oxygen atoms in total. The number of methoxy groups -OCH3 is 1. The van der Waals surface area contributed by atoms with E-state index >= 15 is 0 Å². The molecule has 0 saturated carbocycles. The molecule has 2 N–H and O–H groups in total. The van der Waals surface area contributed by atoms with Gasteiger partial charge in [-0.15, -0.1) is 11.8 Å². The highest BCUT2D eigenvalue weighted by atomic mass is 32.2. The molecule has 2 rings (SSSR count). The van der Waals surface area contributed by atoms with Crippen molar-refractivity contribution >= 4 is 17.6 Å². The number of anilines is 1. The number of thioether (sulfide) groups is 1. The zero-order valence-electron chi connectivity index (χ0n) is 11.0. The lowest BCUT2D eigenvalue weighted by Gasteiger charge is -2.10. The van der Waals surface area contributed by atoms with Gasteiger partial charge in [0.2, 0.25) is 0 Å². The predicted molar refractivity (Wildman–Crippen MR) is 76.1 cm³/mol. The smallest absolute Gasteiger partial charge is 0.122 e. The fraction of sp³-hybridized carbons (Fsp3) is 0.308. The van der Waals surface area contributed by atoms with Gasteiger partial charge in [-0.25, -0.2) is 0 Å². The number of rotatable bonds is 3. The molecule has 5 heteroatoms. The average molecular weight is 263 g/mol. The highest BCUT2D eigenvalue weighted by Gasteiger charge is 2.12. The lowest BCUT2D eigenvalue weighted by molar-refractivity contribution is 0.411. The van der Waals surface area contributed by atoms with Gasteiger partial charge in [-0.3, -0.25) is 4.68 Å². The van der Waals surface area contributed by atoms with E-state index in [0.717, 1.165) is 22.6 Å². The van der Waals surface area contributed by atoms with Crippen LogP contribution in [0, 0.1) is 6.92 Å². The Hall–Kier alpha value is -1.62. The molecule has 0 aliphatic carbocycles. The van der Waals surface area contributed by atoms with Crippen LogP contribution in [0.3, 0.4) is 0 Å². The summed E-state index contributed by atoms with van der Waals surface area (Å²) in [5.74, 6) is 1.52. The molecule has 0 aliphatic rings. The summed E-state index contributed by atoms with van der Waals surface area (Å²) in [6, 6.07) is 6.01. The monoisotopic (exact) mass is 263 g/mol. The van der Waals surface area contributed by atoms with Gasteiger partial charge in [0.05, 0.1) is 12.8 Å². The zero-order valence-corrected chi connectivity index (χ0v) is 11.8. The molecule has 96 valence electrons. The number of nitrogen functional groups attached to an aromatic ring is 1. The van der Waals surface area contributed by atoms with E-state index in [0.29, 0.717) is 5.82 Å². The van der Waals surface area contributed by atoms with E-state index in [9.17, 15) is 0 Å². The van der Waals surface area contributed by atoms with Crippen LogP contribution in [0.1, 0.15) is 5.56 Å². The molecule has 0 spiro atoms. The maximum atomic E-state index is 5.83. The average Bonchev–Trinajstić information content (AvgIpc) is 2.69. The van der Waals surface area contributed by atoms with E-state index in [-0.39, 0.29) is 0 Å². The van der Waals surface area contributed by atoms with Crippen LogP contribution in [0.15, 0.2) is 23.1 Å². The highest BCUT2D eigenvalue weighted by molar-refractivity contribution is 7.98. The van der Waals surface area contributed by atoms with Crippen LogP contribution >= 0.6 is 11.8 Å². The van der Waals surface area contributed by atoms with Gasteiger partial charge in [0.1, 0.15) is 11.6 Å². The predicted octanol–water partition coefficient (Wildman–Crippen LogP) is 2.71. The summed E-state index contributed by atoms with van der Waals surface area (Å²) in [4.78, 5) is 1.17. The van der Waals surface area contributed by atoms with Gasteiger partial charge in [0.15, 0.2) is 0 Å². The van der Waals surface area contributed by atoms with Crippen LogP contribution in [0.5, 0.6) is 5.75 Å². The summed E-state index contributed by atoms with van der Waals surface area (Å²) < 4.78 is 7.04. The van der Waals surface area contributed by atoms with Gasteiger partial charge < -0.3 is 10.5 Å². The molecule has 1 heterocycles. The van der Waals surface area contributed by atoms with Crippen molar-refractivity contribution in [3.05, 3.63) is 23.8 Å². The van der Waals surface area contributed by atoms with Gasteiger partial charge in [-0.1, -0.05) is 0 Å². The van der Waals surface area contributed by atoms with Gasteiger partial charge in [-0.2, -0.15) is 5.10 Å². The molecule has 0 bridgehead atoms. The number of nitrogens with two attached hydrogens (primary N) is 1. The van der Waals surface area contributed by atoms with Crippen molar-refractivity contribution in [2.24, 2.45) is 7.05 Å². The molecule has 1 aromatic carbocycles. The van der Waals surface area contributed by atoms with Crippen molar-refractivity contribution in [2.45, 2.75) is 11.8 Å². The first-order valence-corrected chi connectivity index (χ1v) is 6.81. The highest BCUT2D eigenvalue weighted by Crippen LogP contribution is 2.35. The van der Waals surface area contributed by atoms with Crippen molar-refractivity contribution < 1.29 is 4.74 Å². The number of hydrogen-bond donors (Lipinski definition) is 1. The second-order valence-electron chi connectivity index (χ2n) is 4.10. The normalized spacial score (nSPS) is 10.7. The van der Waals surface area contributed by atoms with Crippen LogP contribution in [-0.4, -0.2) is 23.1 Å². The Morgan fingerprint density at radius 1 is 1.33 bits per heavy atom. The number of ether oxygens (including phenoxy) is 1. The summed E-state index contributed by atoms with van der Waals surface area (Å²) in [5.41, 5.74) is 8.88. The van der Waals surface area contributed by atoms with Crippen molar-refractivity contribution in [3.8, 4) is 17.0 Å². The van der Waals surface area contributed by atoms with E-state index < -0.39 is 0 Å². The number of hydrogen-bond acceptors (Lipinski definition) is 4. The van der Waals surface area contributed by atoms with Crippen LogP contribution in [-0.2, 0) is 7.05 Å². The minimum atomic E-state index is 0.650. The van der Waals surface area contributed by atoms with E-state index in [1.807, 2.05) is 26.1 Å². The fourth-order valence-corrected chi connectivity index (χ4v) is 2.54. The van der Waals surface area contributed by atoms with Gasteiger partial charge >= 0.3 is 0 Å². The summed E-state index contributed by atoms with van der Waals surface area (Å²) in [6.45, 7) is 2.04. The molecule has 0 radical (unpaired) electrons. The number of benzene rings is 1. The Morgan fingerprint density at radius 2 is 2.06 bits per heavy atom. The first-order valence-electron chi connectivity index (χ1n) is 5.59. The Labute approximate surface area is 111 Å². The lowest BCUT2D eigenvalue weighted by atomic mass is 10.1. The molecule has 0 unspecified atom stereocenters. The Kier molecular flexibility index (Phi) is 3.52. The topological polar surface area (TPSA) is 53.1 Å². The molecule has 18 heavy (non-hydrogen) atoms. The fourth-order valence-electron chi connectivity index (χ4n) is 1.86. The van der Waals surface area contributed by atoms with Crippen LogP contribution in [0.4, 0.5) is 5.82 Å². The van der Waals surface area contributed by atoms with Gasteiger partial charge in [0.25, 0.3) is 0 Å². The number of aryl methyl sites for hydroxylation is 2. The van der Waals surface area contributed by atoms with E-state index in [1.165, 1.54) is 4.90 Å². The quantitative estimate of drug-likeness (QED) is 0.865. The largest absolute Gasteiger partial charge is 0.496 e. The van der Waals surface area contributed by atoms with Crippen molar-refractivity contribution in [2.75, 3.05) is 19.1 Å². The molecule has 2 aromatic rings. The molecular weight excluding hydrogens is 246 g/mol. The minimum absolute atomic E-state index is 0.650. The zero-order chi connectivity index (χ0) is 13.3. The third kappa shape index (κ3) is 2.18. The SMILES string of the molecule is COc1cc(-c2cc(N)n(C)n2)c(SC)cc1C. The van der Waals surface area contributed by atoms with Gasteiger partial charge in [0, 0.05) is 23.6 Å². The summed E-state index contributed by atoms with van der Waals surface area (Å²) in [5, 5.41) is 4.42. The van der Waals surface area contributed by atoms with Crippen LogP contribution in [0.25, 0.3) is 11.3 Å². The summed E-state index contributed by atoms with van der Waals surface area (Å²) in [7, 11) is 3.51. The third-order valence-corrected chi connectivity index (χ3v) is 3.69. The first kappa shape index (κ1) is 12.8. The molecule has 0 aliphatic heterocycles. The van der Waals surface area contributed by atoms with Crippen molar-refractivity contribution in [1.82, 2.24) is 9.78 Å². The molecule has 0 saturated heterocycles. The van der Waals surface area contributed by atoms with E-state index in [1.54, 1.807) is 23.6 Å². The molecular formula is C13H17N3OS. The second-order valence-corrected chi connectivity index (χ2v) is 4.95. The van der Waals surface area contributed by atoms with Crippen molar-refractivity contribution in [3.63, 3.8) is 0 Å². The van der Waals surface area contributed by atoms with E-state index in [2.05, 4.69) is 17.4 Å². The van der Waals surface area contributed by atoms with Gasteiger partial charge in [-0.05, 0) is 30.9 Å². The third-order valence-electron chi connectivity index (χ3n) is 2.91. The van der Waals surface area contributed by atoms with Crippen LogP contribution < -0.4 is 10.5 Å². The van der Waals surface area contributed by atoms with Crippen molar-refractivity contribution in [1.29, 1.82) is 0 Å². The molecule has 0 fully saturated rings. The Bertz CT molecular complexity index is 558. The Balaban J connectivity index is 2.61. The summed E-state index contributed by atoms with van der Waals surface area (Å²) in [6.07, 6.45) is 2.05. The molecule has 0 amide bonds. The Morgan fingerprint density at radius 3 is 2.56 bits per heavy atom. The minimum Gasteiger partial charge on any atom is -0.496 e. The maximum Gasteiger partial charge on any atom is 0.122 e. The first-order chi connectivity index (χ1) is 8.56. The standard InChI is InChI=1S/C13H17N3OS/c1-8-5-12(18-4)9(6-11(8)17-3)10-7-13(14)16(2)15-10/h5-7H,14H2,1-4H3. The summed E-state index contributed by atoms with van der Waals surface area (Å²) >= 11 is 1.69. The van der Waals surface area contributed by atoms with E-state index in [4.69, 9.17) is 10.5 Å². The molecule has 0 atom stereocenters. The maximum absolute atomic E-state index is 5.83. The number of aromatic nitrogens is 2. The second kappa shape index (κ2) is 4.94. The van der Waals surface area contributed by atoms with Crippen LogP contribution in [0.2, 0.25) is 0 Å². The lowest BCUT2D eigenvalue weighted by Crippen LogP contribution is -1.96. The number of nitrogens with zero attached hydrogens (tertiary/aromatic N) is 2. The molecule has 1 aromatic heterocycles.